The minimum absolute atomic E-state index is 0.203. The molecule has 8 heteroatoms. The number of unbranched alkanes of at least 4 members (excludes halogenated alkanes) is 2. The Morgan fingerprint density at radius 1 is 1.30 bits per heavy atom. The highest BCUT2D eigenvalue weighted by Gasteiger charge is 2.34. The number of carbonyl (C=O) groups is 2. The molecule has 2 aromatic rings. The highest BCUT2D eigenvalue weighted by molar-refractivity contribution is 7.13. The highest BCUT2D eigenvalue weighted by Crippen LogP contribution is 2.29. The zero-order valence-electron chi connectivity index (χ0n) is 16.9. The number of carboxylic acids is 1. The minimum atomic E-state index is -1.00. The normalized spacial score (nSPS) is 17.2. The van der Waals surface area contributed by atoms with E-state index in [1.54, 1.807) is 36.4 Å². The van der Waals surface area contributed by atoms with Crippen LogP contribution < -0.4 is 4.90 Å². The molecule has 1 saturated heterocycles. The van der Waals surface area contributed by atoms with E-state index in [4.69, 9.17) is 14.6 Å². The number of halogens is 1. The van der Waals surface area contributed by atoms with Crippen LogP contribution in [0.3, 0.4) is 0 Å². The number of rotatable bonds is 11. The first-order chi connectivity index (χ1) is 14.5. The number of thiophene rings is 1. The first kappa shape index (κ1) is 22.2. The van der Waals surface area contributed by atoms with Gasteiger partial charge in [0.2, 0.25) is 0 Å². The Balaban J connectivity index is 1.56. The van der Waals surface area contributed by atoms with Gasteiger partial charge in [-0.25, -0.2) is 14.0 Å². The van der Waals surface area contributed by atoms with Gasteiger partial charge in [-0.1, -0.05) is 38.3 Å². The lowest BCUT2D eigenvalue weighted by molar-refractivity contribution is 0.0702. The molecule has 3 rings (SSSR count). The summed E-state index contributed by atoms with van der Waals surface area (Å²) in [4.78, 5) is 25.7. The lowest BCUT2D eigenvalue weighted by Gasteiger charge is -2.22. The van der Waals surface area contributed by atoms with E-state index >= 15 is 0 Å². The molecule has 1 aliphatic heterocycles. The maximum absolute atomic E-state index is 14.3. The topological polar surface area (TPSA) is 76.1 Å². The number of amides is 1. The fourth-order valence-electron chi connectivity index (χ4n) is 3.35. The molecular weight excluding hydrogens is 409 g/mol. The molecule has 0 saturated carbocycles. The van der Waals surface area contributed by atoms with Crippen molar-refractivity contribution < 1.29 is 28.6 Å². The molecule has 1 aromatic carbocycles. The summed E-state index contributed by atoms with van der Waals surface area (Å²) in [5.74, 6) is -0.962. The van der Waals surface area contributed by atoms with E-state index in [1.165, 1.54) is 4.90 Å². The summed E-state index contributed by atoms with van der Waals surface area (Å²) >= 11 is 1.16. The Hall–Kier alpha value is -2.45. The number of hydrogen-bond donors (Lipinski definition) is 1. The predicted molar refractivity (Wildman–Crippen MR) is 113 cm³/mol. The van der Waals surface area contributed by atoms with Crippen molar-refractivity contribution in [1.29, 1.82) is 0 Å². The molecule has 30 heavy (non-hydrogen) atoms. The Kier molecular flexibility index (Phi) is 7.81. The quantitative estimate of drug-likeness (QED) is 0.466. The molecule has 6 nitrogen and oxygen atoms in total. The van der Waals surface area contributed by atoms with Crippen LogP contribution in [0.25, 0.3) is 0 Å². The van der Waals surface area contributed by atoms with Crippen LogP contribution in [-0.4, -0.2) is 36.4 Å². The molecule has 1 amide bonds. The van der Waals surface area contributed by atoms with Gasteiger partial charge in [-0.3, -0.25) is 4.90 Å². The third kappa shape index (κ3) is 5.58. The SMILES string of the molecule is CCCCC[C@H](F)c1ccc(N2C(=O)OCC2COCc2ccc(C(=O)O)s2)cc1. The van der Waals surface area contributed by atoms with Crippen molar-refractivity contribution in [3.8, 4) is 0 Å². The summed E-state index contributed by atoms with van der Waals surface area (Å²) < 4.78 is 25.2. The maximum atomic E-state index is 14.3. The molecule has 1 unspecified atom stereocenters. The van der Waals surface area contributed by atoms with Crippen LogP contribution in [0.4, 0.5) is 14.9 Å². The van der Waals surface area contributed by atoms with Crippen LogP contribution in [0.2, 0.25) is 0 Å². The third-order valence-electron chi connectivity index (χ3n) is 4.98. The summed E-state index contributed by atoms with van der Waals surface area (Å²) in [6.45, 7) is 2.80. The van der Waals surface area contributed by atoms with Crippen molar-refractivity contribution in [3.05, 3.63) is 51.7 Å². The van der Waals surface area contributed by atoms with E-state index < -0.39 is 18.2 Å². The first-order valence-corrected chi connectivity index (χ1v) is 10.9. The minimum Gasteiger partial charge on any atom is -0.477 e. The van der Waals surface area contributed by atoms with Gasteiger partial charge in [0, 0.05) is 10.6 Å². The molecule has 2 atom stereocenters. The van der Waals surface area contributed by atoms with Gasteiger partial charge >= 0.3 is 12.1 Å². The van der Waals surface area contributed by atoms with Crippen LogP contribution in [0.5, 0.6) is 0 Å². The van der Waals surface area contributed by atoms with E-state index in [0.29, 0.717) is 17.7 Å². The van der Waals surface area contributed by atoms with Crippen molar-refractivity contribution in [1.82, 2.24) is 0 Å². The van der Waals surface area contributed by atoms with Gasteiger partial charge in [-0.05, 0) is 36.2 Å². The molecule has 0 aliphatic carbocycles. The van der Waals surface area contributed by atoms with E-state index in [0.717, 1.165) is 35.5 Å². The van der Waals surface area contributed by atoms with Crippen LogP contribution in [-0.2, 0) is 16.1 Å². The van der Waals surface area contributed by atoms with Crippen LogP contribution >= 0.6 is 11.3 Å². The predicted octanol–water partition coefficient (Wildman–Crippen LogP) is 5.58. The number of carbonyl (C=O) groups excluding carboxylic acids is 1. The summed E-state index contributed by atoms with van der Waals surface area (Å²) in [6, 6.07) is 9.87. The van der Waals surface area contributed by atoms with Crippen molar-refractivity contribution >= 4 is 29.1 Å². The number of cyclic esters (lactones) is 1. The van der Waals surface area contributed by atoms with Gasteiger partial charge in [0.1, 0.15) is 17.7 Å². The molecule has 0 bridgehead atoms. The third-order valence-corrected chi connectivity index (χ3v) is 6.03. The molecule has 2 heterocycles. The molecule has 1 N–H and O–H groups in total. The molecule has 1 fully saturated rings. The molecular formula is C22H26FNO5S. The van der Waals surface area contributed by atoms with E-state index in [9.17, 15) is 14.0 Å². The molecule has 0 spiro atoms. The van der Waals surface area contributed by atoms with Crippen LogP contribution in [0, 0.1) is 0 Å². The second-order valence-corrected chi connectivity index (χ2v) is 8.41. The standard InChI is InChI=1S/C22H26FNO5S/c1-2-3-4-5-19(23)15-6-8-16(9-7-15)24-17(13-29-22(24)27)12-28-14-18-10-11-20(30-18)21(25)26/h6-11,17,19H,2-5,12-14H2,1H3,(H,25,26)/t17?,19-/m0/s1. The molecule has 0 radical (unpaired) electrons. The van der Waals surface area contributed by atoms with E-state index in [-0.39, 0.29) is 30.7 Å². The lowest BCUT2D eigenvalue weighted by Crippen LogP contribution is -2.36. The lowest BCUT2D eigenvalue weighted by atomic mass is 10.0. The van der Waals surface area contributed by atoms with Gasteiger partial charge in [0.15, 0.2) is 0 Å². The Morgan fingerprint density at radius 3 is 2.73 bits per heavy atom. The summed E-state index contributed by atoms with van der Waals surface area (Å²) in [5, 5.41) is 8.98. The number of benzene rings is 1. The van der Waals surface area contributed by atoms with E-state index in [1.807, 2.05) is 0 Å². The summed E-state index contributed by atoms with van der Waals surface area (Å²) in [5.41, 5.74) is 1.25. The zero-order chi connectivity index (χ0) is 21.5. The number of anilines is 1. The zero-order valence-corrected chi connectivity index (χ0v) is 17.7. The molecule has 1 aromatic heterocycles. The smallest absolute Gasteiger partial charge is 0.414 e. The largest absolute Gasteiger partial charge is 0.477 e. The number of alkyl halides is 1. The molecule has 162 valence electrons. The number of carboxylic acid groups (broad SMARTS) is 1. The van der Waals surface area contributed by atoms with Crippen molar-refractivity contribution in [2.45, 2.75) is 51.4 Å². The van der Waals surface area contributed by atoms with Gasteiger partial charge in [0.25, 0.3) is 0 Å². The van der Waals surface area contributed by atoms with Gasteiger partial charge in [0.05, 0.1) is 19.3 Å². The number of aromatic carboxylic acids is 1. The Labute approximate surface area is 179 Å². The number of ether oxygens (including phenoxy) is 2. The van der Waals surface area contributed by atoms with Gasteiger partial charge in [-0.2, -0.15) is 0 Å². The van der Waals surface area contributed by atoms with E-state index in [2.05, 4.69) is 6.92 Å². The number of hydrogen-bond acceptors (Lipinski definition) is 5. The van der Waals surface area contributed by atoms with Gasteiger partial charge < -0.3 is 14.6 Å². The van der Waals surface area contributed by atoms with Crippen molar-refractivity contribution in [3.63, 3.8) is 0 Å². The fraction of sp³-hybridized carbons (Fsp3) is 0.455. The highest BCUT2D eigenvalue weighted by atomic mass is 32.1. The average molecular weight is 436 g/mol. The summed E-state index contributed by atoms with van der Waals surface area (Å²) in [7, 11) is 0. The Bertz CT molecular complexity index is 853. The first-order valence-electron chi connectivity index (χ1n) is 10.1. The van der Waals surface area contributed by atoms with Crippen molar-refractivity contribution in [2.75, 3.05) is 18.1 Å². The van der Waals surface area contributed by atoms with Crippen LogP contribution in [0.1, 0.15) is 58.9 Å². The van der Waals surface area contributed by atoms with Crippen LogP contribution in [0.15, 0.2) is 36.4 Å². The van der Waals surface area contributed by atoms with Gasteiger partial charge in [-0.15, -0.1) is 11.3 Å². The monoisotopic (exact) mass is 435 g/mol. The number of nitrogens with zero attached hydrogens (tertiary/aromatic N) is 1. The Morgan fingerprint density at radius 2 is 2.07 bits per heavy atom. The molecule has 1 aliphatic rings. The summed E-state index contributed by atoms with van der Waals surface area (Å²) in [6.07, 6.45) is 1.97. The average Bonchev–Trinajstić information content (AvgIpc) is 3.35. The maximum Gasteiger partial charge on any atom is 0.414 e. The second-order valence-electron chi connectivity index (χ2n) is 7.24. The van der Waals surface area contributed by atoms with Crippen molar-refractivity contribution in [2.24, 2.45) is 0 Å². The fourth-order valence-corrected chi connectivity index (χ4v) is 4.13. The second kappa shape index (κ2) is 10.5.